The maximum atomic E-state index is 5.43. The topological polar surface area (TPSA) is 24.5 Å². The maximum absolute atomic E-state index is 5.43. The lowest BCUT2D eigenvalue weighted by atomic mass is 10.0. The minimum absolute atomic E-state index is 0.595. The van der Waals surface area contributed by atoms with Crippen LogP contribution in [0.1, 0.15) is 24.8 Å². The minimum atomic E-state index is 0.595. The Morgan fingerprint density at radius 1 is 1.10 bits per heavy atom. The third kappa shape index (κ3) is 4.04. The Morgan fingerprint density at radius 2 is 1.85 bits per heavy atom. The van der Waals surface area contributed by atoms with E-state index in [9.17, 15) is 0 Å². The standard InChI is InChI=1S/C16H23BrN2O/c17-14-3-1-13(2-4-14)11-19-8-5-15(6-9-19)18-16-7-10-20-12-16/h1-4,15-16,18H,5-12H2/t16-/m0/s1. The molecule has 0 bridgehead atoms. The first-order valence-corrected chi connectivity index (χ1v) is 8.39. The number of nitrogens with one attached hydrogen (secondary N) is 1. The van der Waals surface area contributed by atoms with Crippen LogP contribution in [0.15, 0.2) is 28.7 Å². The normalized spacial score (nSPS) is 25.1. The second-order valence-corrected chi connectivity index (χ2v) is 6.82. The molecule has 110 valence electrons. The van der Waals surface area contributed by atoms with E-state index in [-0.39, 0.29) is 0 Å². The van der Waals surface area contributed by atoms with Gasteiger partial charge in [-0.25, -0.2) is 0 Å². The van der Waals surface area contributed by atoms with E-state index in [4.69, 9.17) is 4.74 Å². The van der Waals surface area contributed by atoms with Crippen LogP contribution in [0, 0.1) is 0 Å². The van der Waals surface area contributed by atoms with Gasteiger partial charge in [-0.15, -0.1) is 0 Å². The summed E-state index contributed by atoms with van der Waals surface area (Å²) in [6.45, 7) is 5.30. The summed E-state index contributed by atoms with van der Waals surface area (Å²) in [6.07, 6.45) is 3.69. The van der Waals surface area contributed by atoms with Crippen molar-refractivity contribution in [3.63, 3.8) is 0 Å². The molecule has 0 saturated carbocycles. The molecule has 1 atom stereocenters. The van der Waals surface area contributed by atoms with Crippen LogP contribution in [0.2, 0.25) is 0 Å². The third-order valence-electron chi connectivity index (χ3n) is 4.31. The Morgan fingerprint density at radius 3 is 2.50 bits per heavy atom. The predicted octanol–water partition coefficient (Wildman–Crippen LogP) is 2.79. The van der Waals surface area contributed by atoms with Gasteiger partial charge in [-0.05, 0) is 50.0 Å². The molecule has 0 radical (unpaired) electrons. The van der Waals surface area contributed by atoms with E-state index in [1.165, 1.54) is 37.9 Å². The molecule has 3 rings (SSSR count). The molecule has 0 aliphatic carbocycles. The number of piperidine rings is 1. The van der Waals surface area contributed by atoms with Crippen molar-refractivity contribution in [3.05, 3.63) is 34.3 Å². The van der Waals surface area contributed by atoms with Crippen LogP contribution >= 0.6 is 15.9 Å². The van der Waals surface area contributed by atoms with Crippen LogP contribution in [0.5, 0.6) is 0 Å². The molecule has 20 heavy (non-hydrogen) atoms. The van der Waals surface area contributed by atoms with Gasteiger partial charge in [0.05, 0.1) is 6.61 Å². The van der Waals surface area contributed by atoms with Crippen LogP contribution in [-0.4, -0.2) is 43.3 Å². The molecule has 2 heterocycles. The van der Waals surface area contributed by atoms with E-state index in [2.05, 4.69) is 50.4 Å². The Bertz CT molecular complexity index is 409. The van der Waals surface area contributed by atoms with Crippen LogP contribution in [0.25, 0.3) is 0 Å². The van der Waals surface area contributed by atoms with Crippen LogP contribution in [0.4, 0.5) is 0 Å². The molecule has 3 nitrogen and oxygen atoms in total. The van der Waals surface area contributed by atoms with E-state index in [0.29, 0.717) is 12.1 Å². The van der Waals surface area contributed by atoms with Crippen LogP contribution < -0.4 is 5.32 Å². The van der Waals surface area contributed by atoms with Gasteiger partial charge in [0.15, 0.2) is 0 Å². The Kier molecular flexibility index (Phi) is 5.10. The van der Waals surface area contributed by atoms with Crippen molar-refractivity contribution in [2.24, 2.45) is 0 Å². The largest absolute Gasteiger partial charge is 0.380 e. The quantitative estimate of drug-likeness (QED) is 0.913. The molecular formula is C16H23BrN2O. The summed E-state index contributed by atoms with van der Waals surface area (Å²) < 4.78 is 6.59. The SMILES string of the molecule is Brc1ccc(CN2CCC(N[C@H]3CCOC3)CC2)cc1. The minimum Gasteiger partial charge on any atom is -0.380 e. The second kappa shape index (κ2) is 7.03. The molecule has 2 fully saturated rings. The molecule has 0 aromatic heterocycles. The molecule has 1 aromatic carbocycles. The molecule has 1 aromatic rings. The summed E-state index contributed by atoms with van der Waals surface area (Å²) in [4.78, 5) is 2.56. The van der Waals surface area contributed by atoms with Gasteiger partial charge in [0.25, 0.3) is 0 Å². The van der Waals surface area contributed by atoms with E-state index in [1.54, 1.807) is 0 Å². The molecule has 2 aliphatic heterocycles. The lowest BCUT2D eigenvalue weighted by Crippen LogP contribution is -2.46. The fourth-order valence-corrected chi connectivity index (χ4v) is 3.37. The molecular weight excluding hydrogens is 316 g/mol. The van der Waals surface area contributed by atoms with Gasteiger partial charge in [0.2, 0.25) is 0 Å². The van der Waals surface area contributed by atoms with Gasteiger partial charge in [-0.1, -0.05) is 28.1 Å². The molecule has 2 aliphatic rings. The van der Waals surface area contributed by atoms with Gasteiger partial charge in [0.1, 0.15) is 0 Å². The number of hydrogen-bond donors (Lipinski definition) is 1. The smallest absolute Gasteiger partial charge is 0.0620 e. The number of halogens is 1. The van der Waals surface area contributed by atoms with Crippen molar-refractivity contribution >= 4 is 15.9 Å². The Hall–Kier alpha value is -0.420. The summed E-state index contributed by atoms with van der Waals surface area (Å²) in [7, 11) is 0. The van der Waals surface area contributed by atoms with E-state index in [0.717, 1.165) is 24.2 Å². The van der Waals surface area contributed by atoms with Crippen molar-refractivity contribution in [2.45, 2.75) is 37.9 Å². The number of likely N-dealkylation sites (tertiary alicyclic amines) is 1. The molecule has 0 spiro atoms. The van der Waals surface area contributed by atoms with Gasteiger partial charge in [-0.2, -0.15) is 0 Å². The van der Waals surface area contributed by atoms with E-state index in [1.807, 2.05) is 0 Å². The molecule has 4 heteroatoms. The number of nitrogens with zero attached hydrogens (tertiary/aromatic N) is 1. The van der Waals surface area contributed by atoms with Gasteiger partial charge >= 0.3 is 0 Å². The first-order chi connectivity index (χ1) is 9.79. The number of benzene rings is 1. The lowest BCUT2D eigenvalue weighted by molar-refractivity contribution is 0.168. The predicted molar refractivity (Wildman–Crippen MR) is 84.8 cm³/mol. The van der Waals surface area contributed by atoms with Crippen LogP contribution in [-0.2, 0) is 11.3 Å². The molecule has 1 N–H and O–H groups in total. The Labute approximate surface area is 129 Å². The van der Waals surface area contributed by atoms with Crippen molar-refractivity contribution in [3.8, 4) is 0 Å². The molecule has 0 unspecified atom stereocenters. The monoisotopic (exact) mass is 338 g/mol. The van der Waals surface area contributed by atoms with Gasteiger partial charge in [-0.3, -0.25) is 4.90 Å². The van der Waals surface area contributed by atoms with Crippen molar-refractivity contribution in [1.29, 1.82) is 0 Å². The zero-order valence-corrected chi connectivity index (χ0v) is 13.4. The van der Waals surface area contributed by atoms with Gasteiger partial charge in [0, 0.05) is 29.7 Å². The summed E-state index contributed by atoms with van der Waals surface area (Å²) in [5.41, 5.74) is 1.41. The highest BCUT2D eigenvalue weighted by Crippen LogP contribution is 2.17. The zero-order valence-electron chi connectivity index (χ0n) is 11.9. The summed E-state index contributed by atoms with van der Waals surface area (Å²) >= 11 is 3.49. The summed E-state index contributed by atoms with van der Waals surface area (Å²) in [5, 5.41) is 3.75. The first kappa shape index (κ1) is 14.5. The first-order valence-electron chi connectivity index (χ1n) is 7.60. The van der Waals surface area contributed by atoms with Crippen molar-refractivity contribution in [2.75, 3.05) is 26.3 Å². The highest BCUT2D eigenvalue weighted by Gasteiger charge is 2.23. The fraction of sp³-hybridized carbons (Fsp3) is 0.625. The fourth-order valence-electron chi connectivity index (χ4n) is 3.11. The lowest BCUT2D eigenvalue weighted by Gasteiger charge is -2.33. The van der Waals surface area contributed by atoms with E-state index < -0.39 is 0 Å². The van der Waals surface area contributed by atoms with Gasteiger partial charge < -0.3 is 10.1 Å². The maximum Gasteiger partial charge on any atom is 0.0620 e. The Balaban J connectivity index is 1.42. The van der Waals surface area contributed by atoms with E-state index >= 15 is 0 Å². The molecule has 2 saturated heterocycles. The number of rotatable bonds is 4. The van der Waals surface area contributed by atoms with Crippen molar-refractivity contribution < 1.29 is 4.74 Å². The van der Waals surface area contributed by atoms with Crippen LogP contribution in [0.3, 0.4) is 0 Å². The summed E-state index contributed by atoms with van der Waals surface area (Å²) in [6, 6.07) is 9.96. The third-order valence-corrected chi connectivity index (χ3v) is 4.84. The highest BCUT2D eigenvalue weighted by atomic mass is 79.9. The number of hydrogen-bond acceptors (Lipinski definition) is 3. The average molecular weight is 339 g/mol. The molecule has 0 amide bonds. The average Bonchev–Trinajstić information content (AvgIpc) is 2.96. The number of ether oxygens (including phenoxy) is 1. The summed E-state index contributed by atoms with van der Waals surface area (Å²) in [5.74, 6) is 0. The second-order valence-electron chi connectivity index (χ2n) is 5.90. The zero-order chi connectivity index (χ0) is 13.8. The highest BCUT2D eigenvalue weighted by molar-refractivity contribution is 9.10. The van der Waals surface area contributed by atoms with Crippen molar-refractivity contribution in [1.82, 2.24) is 10.2 Å².